The molecular weight excluding hydrogens is 487 g/mol. The molecule has 0 radical (unpaired) electrons. The fourth-order valence-electron chi connectivity index (χ4n) is 4.78. The predicted octanol–water partition coefficient (Wildman–Crippen LogP) is 5.56. The third-order valence-corrected chi connectivity index (χ3v) is 7.42. The molecule has 0 unspecified atom stereocenters. The molecule has 2 aromatic rings. The van der Waals surface area contributed by atoms with E-state index in [2.05, 4.69) is 5.32 Å². The number of benzene rings is 2. The van der Waals surface area contributed by atoms with Gasteiger partial charge in [0.25, 0.3) is 0 Å². The summed E-state index contributed by atoms with van der Waals surface area (Å²) in [4.78, 5) is 28.5. The highest BCUT2D eigenvalue weighted by atomic mass is 35.5. The molecule has 6 nitrogen and oxygen atoms in total. The van der Waals surface area contributed by atoms with Crippen LogP contribution >= 0.6 is 23.2 Å². The fourth-order valence-corrected chi connectivity index (χ4v) is 5.30. The smallest absolute Gasteiger partial charge is 0.243 e. The summed E-state index contributed by atoms with van der Waals surface area (Å²) < 4.78 is 11.3. The third kappa shape index (κ3) is 6.42. The Morgan fingerprint density at radius 1 is 1.06 bits per heavy atom. The lowest BCUT2D eigenvalue weighted by atomic mass is 10.0. The molecule has 35 heavy (non-hydrogen) atoms. The van der Waals surface area contributed by atoms with Gasteiger partial charge in [-0.15, -0.1) is 0 Å². The number of hydrogen-bond acceptors (Lipinski definition) is 4. The Morgan fingerprint density at radius 2 is 1.74 bits per heavy atom. The highest BCUT2D eigenvalue weighted by Crippen LogP contribution is 2.32. The second kappa shape index (κ2) is 12.0. The van der Waals surface area contributed by atoms with Crippen LogP contribution in [0.4, 0.5) is 0 Å². The molecule has 1 saturated carbocycles. The van der Waals surface area contributed by atoms with Gasteiger partial charge < -0.3 is 19.7 Å². The molecule has 1 heterocycles. The number of hydrogen-bond donors (Lipinski definition) is 1. The normalized spacial score (nSPS) is 16.1. The second-order valence-electron chi connectivity index (χ2n) is 9.11. The zero-order valence-corrected chi connectivity index (χ0v) is 21.5. The molecule has 2 amide bonds. The van der Waals surface area contributed by atoms with Gasteiger partial charge in [-0.05, 0) is 55.5 Å². The number of nitrogens with one attached hydrogen (secondary N) is 1. The van der Waals surface area contributed by atoms with Crippen molar-refractivity contribution >= 4 is 35.0 Å². The number of fused-ring (bicyclic) bond motifs is 1. The van der Waals surface area contributed by atoms with Gasteiger partial charge >= 0.3 is 0 Å². The minimum absolute atomic E-state index is 0.116. The van der Waals surface area contributed by atoms with Crippen molar-refractivity contribution in [2.24, 2.45) is 0 Å². The van der Waals surface area contributed by atoms with Crippen LogP contribution in [0.5, 0.6) is 11.5 Å². The Bertz CT molecular complexity index is 1040. The third-order valence-electron chi connectivity index (χ3n) is 6.71. The van der Waals surface area contributed by atoms with Gasteiger partial charge in [0.1, 0.15) is 19.3 Å². The standard InChI is InChI=1S/C27H32Cl2N2O4/c1-2-23(27(33)30-19-6-3-4-7-19)31(17-20-21(28)8-5-9-22(20)29)26(32)13-11-18-10-12-24-25(16-18)35-15-14-34-24/h5,8-10,12,16,19,23H,2-4,6-7,11,13-15,17H2,1H3,(H,30,33)/t23-/m0/s1. The zero-order valence-electron chi connectivity index (χ0n) is 20.0. The molecule has 188 valence electrons. The Kier molecular flexibility index (Phi) is 8.79. The number of nitrogens with zero attached hydrogens (tertiary/aromatic N) is 1. The molecule has 1 aliphatic carbocycles. The number of carbonyl (C=O) groups is 2. The molecule has 2 aliphatic rings. The Labute approximate surface area is 216 Å². The van der Waals surface area contributed by atoms with Crippen LogP contribution in [0.25, 0.3) is 0 Å². The average molecular weight is 519 g/mol. The first kappa shape index (κ1) is 25.6. The van der Waals surface area contributed by atoms with Gasteiger partial charge in [0.15, 0.2) is 11.5 Å². The van der Waals surface area contributed by atoms with E-state index in [4.69, 9.17) is 32.7 Å². The van der Waals surface area contributed by atoms with Crippen molar-refractivity contribution in [2.75, 3.05) is 13.2 Å². The highest BCUT2D eigenvalue weighted by molar-refractivity contribution is 6.36. The van der Waals surface area contributed by atoms with Crippen LogP contribution in [0.1, 0.15) is 56.6 Å². The van der Waals surface area contributed by atoms with E-state index in [-0.39, 0.29) is 30.8 Å². The van der Waals surface area contributed by atoms with E-state index in [1.165, 1.54) is 0 Å². The van der Waals surface area contributed by atoms with Crippen molar-refractivity contribution in [3.05, 3.63) is 57.6 Å². The van der Waals surface area contributed by atoms with Gasteiger partial charge in [0, 0.05) is 34.6 Å². The van der Waals surface area contributed by atoms with Gasteiger partial charge in [-0.1, -0.05) is 55.1 Å². The number of rotatable bonds is 9. The number of amides is 2. The summed E-state index contributed by atoms with van der Waals surface area (Å²) in [5.74, 6) is 1.18. The minimum Gasteiger partial charge on any atom is -0.486 e. The summed E-state index contributed by atoms with van der Waals surface area (Å²) in [5.41, 5.74) is 1.62. The molecule has 8 heteroatoms. The number of ether oxygens (including phenoxy) is 2. The molecule has 0 saturated heterocycles. The second-order valence-corrected chi connectivity index (χ2v) is 9.93. The Morgan fingerprint density at radius 3 is 2.43 bits per heavy atom. The number of halogens is 2. The van der Waals surface area contributed by atoms with Gasteiger partial charge in [-0.2, -0.15) is 0 Å². The van der Waals surface area contributed by atoms with Crippen LogP contribution in [-0.2, 0) is 22.6 Å². The van der Waals surface area contributed by atoms with Crippen molar-refractivity contribution in [1.82, 2.24) is 10.2 Å². The van der Waals surface area contributed by atoms with Crippen molar-refractivity contribution < 1.29 is 19.1 Å². The fraction of sp³-hybridized carbons (Fsp3) is 0.481. The van der Waals surface area contributed by atoms with E-state index >= 15 is 0 Å². The summed E-state index contributed by atoms with van der Waals surface area (Å²) in [5, 5.41) is 4.12. The predicted molar refractivity (Wildman–Crippen MR) is 137 cm³/mol. The summed E-state index contributed by atoms with van der Waals surface area (Å²) in [6, 6.07) is 10.6. The summed E-state index contributed by atoms with van der Waals surface area (Å²) in [6.07, 6.45) is 5.46. The summed E-state index contributed by atoms with van der Waals surface area (Å²) in [6.45, 7) is 3.14. The molecule has 0 spiro atoms. The monoisotopic (exact) mass is 518 g/mol. The van der Waals surface area contributed by atoms with E-state index in [0.717, 1.165) is 37.0 Å². The maximum atomic E-state index is 13.6. The molecule has 4 rings (SSSR count). The maximum Gasteiger partial charge on any atom is 0.243 e. The molecular formula is C27H32Cl2N2O4. The molecule has 1 aliphatic heterocycles. The van der Waals surface area contributed by atoms with Crippen LogP contribution in [0.15, 0.2) is 36.4 Å². The van der Waals surface area contributed by atoms with E-state index in [0.29, 0.717) is 47.4 Å². The Balaban J connectivity index is 1.52. The molecule has 1 fully saturated rings. The van der Waals surface area contributed by atoms with Gasteiger partial charge in [0.2, 0.25) is 11.8 Å². The molecule has 0 aromatic heterocycles. The van der Waals surface area contributed by atoms with Crippen molar-refractivity contribution in [2.45, 2.75) is 70.5 Å². The van der Waals surface area contributed by atoms with E-state index in [1.807, 2.05) is 25.1 Å². The highest BCUT2D eigenvalue weighted by Gasteiger charge is 2.31. The van der Waals surface area contributed by atoms with Crippen LogP contribution in [0.2, 0.25) is 10.0 Å². The SMILES string of the molecule is CC[C@@H](C(=O)NC1CCCC1)N(Cc1c(Cl)cccc1Cl)C(=O)CCc1ccc2c(c1)OCCO2. The zero-order chi connectivity index (χ0) is 24.8. The lowest BCUT2D eigenvalue weighted by molar-refractivity contribution is -0.141. The summed E-state index contributed by atoms with van der Waals surface area (Å²) in [7, 11) is 0. The van der Waals surface area contributed by atoms with E-state index in [1.54, 1.807) is 23.1 Å². The first-order valence-electron chi connectivity index (χ1n) is 12.4. The lowest BCUT2D eigenvalue weighted by Gasteiger charge is -2.32. The number of carbonyl (C=O) groups excluding carboxylic acids is 2. The van der Waals surface area contributed by atoms with E-state index < -0.39 is 6.04 Å². The first-order valence-corrected chi connectivity index (χ1v) is 13.1. The largest absolute Gasteiger partial charge is 0.486 e. The quantitative estimate of drug-likeness (QED) is 0.471. The van der Waals surface area contributed by atoms with Crippen LogP contribution in [0.3, 0.4) is 0 Å². The minimum atomic E-state index is -0.601. The summed E-state index contributed by atoms with van der Waals surface area (Å²) >= 11 is 12.9. The van der Waals surface area contributed by atoms with Crippen molar-refractivity contribution in [3.63, 3.8) is 0 Å². The van der Waals surface area contributed by atoms with Crippen LogP contribution in [-0.4, -0.2) is 42.0 Å². The Hall–Kier alpha value is -2.44. The molecule has 2 aromatic carbocycles. The molecule has 1 atom stereocenters. The van der Waals surface area contributed by atoms with Crippen LogP contribution < -0.4 is 14.8 Å². The average Bonchev–Trinajstić information content (AvgIpc) is 3.37. The number of aryl methyl sites for hydroxylation is 1. The lowest BCUT2D eigenvalue weighted by Crippen LogP contribution is -2.51. The topological polar surface area (TPSA) is 67.9 Å². The van der Waals surface area contributed by atoms with Crippen LogP contribution in [0, 0.1) is 0 Å². The first-order chi connectivity index (χ1) is 17.0. The van der Waals surface area contributed by atoms with E-state index in [9.17, 15) is 9.59 Å². The van der Waals surface area contributed by atoms with Gasteiger partial charge in [-0.25, -0.2) is 0 Å². The maximum absolute atomic E-state index is 13.6. The van der Waals surface area contributed by atoms with Gasteiger partial charge in [-0.3, -0.25) is 9.59 Å². The molecule has 0 bridgehead atoms. The van der Waals surface area contributed by atoms with Crippen molar-refractivity contribution in [3.8, 4) is 11.5 Å². The van der Waals surface area contributed by atoms with Crippen molar-refractivity contribution in [1.29, 1.82) is 0 Å². The van der Waals surface area contributed by atoms with Gasteiger partial charge in [0.05, 0.1) is 0 Å². The molecule has 1 N–H and O–H groups in total.